The van der Waals surface area contributed by atoms with Crippen LogP contribution in [-0.4, -0.2) is 42.8 Å². The normalized spacial score (nSPS) is 38.6. The summed E-state index contributed by atoms with van der Waals surface area (Å²) in [6.45, 7) is 4.36. The fraction of sp³-hybridized carbons (Fsp3) is 1.00. The van der Waals surface area contributed by atoms with Crippen molar-refractivity contribution in [3.05, 3.63) is 0 Å². The molecule has 1 saturated heterocycles. The van der Waals surface area contributed by atoms with Gasteiger partial charge in [-0.1, -0.05) is 12.8 Å². The summed E-state index contributed by atoms with van der Waals surface area (Å²) in [6.07, 6.45) is 5.17. The highest BCUT2D eigenvalue weighted by Gasteiger charge is 2.46. The summed E-state index contributed by atoms with van der Waals surface area (Å²) in [4.78, 5) is 2.44. The first-order chi connectivity index (χ1) is 6.80. The lowest BCUT2D eigenvalue weighted by atomic mass is 9.69. The smallest absolute Gasteiger partial charge is 0.0502 e. The third-order valence-electron chi connectivity index (χ3n) is 4.12. The summed E-state index contributed by atoms with van der Waals surface area (Å²) >= 11 is 0. The summed E-state index contributed by atoms with van der Waals surface area (Å²) in [6, 6.07) is 0. The molecule has 0 aromatic carbocycles. The van der Waals surface area contributed by atoms with Crippen LogP contribution in [0.15, 0.2) is 0 Å². The molecule has 0 spiro atoms. The molecule has 0 bridgehead atoms. The predicted molar refractivity (Wildman–Crippen MR) is 57.0 cm³/mol. The van der Waals surface area contributed by atoms with Gasteiger partial charge in [0.25, 0.3) is 0 Å². The number of nitrogens with zero attached hydrogens (tertiary/aromatic N) is 1. The van der Waals surface area contributed by atoms with Gasteiger partial charge >= 0.3 is 0 Å². The minimum absolute atomic E-state index is 0.230. The van der Waals surface area contributed by atoms with Crippen molar-refractivity contribution in [2.75, 3.05) is 32.8 Å². The molecule has 0 unspecified atom stereocenters. The first-order valence-corrected chi connectivity index (χ1v) is 5.84. The lowest BCUT2D eigenvalue weighted by Crippen LogP contribution is -2.37. The van der Waals surface area contributed by atoms with Crippen LogP contribution < -0.4 is 5.73 Å². The van der Waals surface area contributed by atoms with Crippen molar-refractivity contribution in [2.45, 2.75) is 25.7 Å². The molecule has 0 aromatic heterocycles. The Morgan fingerprint density at radius 2 is 2.29 bits per heavy atom. The van der Waals surface area contributed by atoms with Crippen molar-refractivity contribution in [3.8, 4) is 0 Å². The Hall–Kier alpha value is -0.120. The summed E-state index contributed by atoms with van der Waals surface area (Å²) < 4.78 is 0. The maximum absolute atomic E-state index is 9.58. The van der Waals surface area contributed by atoms with E-state index in [2.05, 4.69) is 4.90 Å². The Morgan fingerprint density at radius 3 is 2.93 bits per heavy atom. The molecular formula is C11H22N2O. The highest BCUT2D eigenvalue weighted by molar-refractivity contribution is 4.98. The number of aliphatic hydroxyl groups is 1. The zero-order valence-electron chi connectivity index (χ0n) is 8.91. The van der Waals surface area contributed by atoms with Crippen LogP contribution in [-0.2, 0) is 0 Å². The molecule has 2 rings (SSSR count). The Labute approximate surface area is 86.3 Å². The Balaban J connectivity index is 2.03. The van der Waals surface area contributed by atoms with Gasteiger partial charge < -0.3 is 15.7 Å². The molecular weight excluding hydrogens is 176 g/mol. The topological polar surface area (TPSA) is 49.5 Å². The molecule has 0 amide bonds. The quantitative estimate of drug-likeness (QED) is 0.691. The van der Waals surface area contributed by atoms with Gasteiger partial charge in [-0.2, -0.15) is 0 Å². The Morgan fingerprint density at radius 1 is 1.43 bits per heavy atom. The van der Waals surface area contributed by atoms with Crippen LogP contribution in [0.2, 0.25) is 0 Å². The van der Waals surface area contributed by atoms with E-state index >= 15 is 0 Å². The minimum Gasteiger partial charge on any atom is -0.396 e. The third kappa shape index (κ3) is 1.69. The molecule has 1 aliphatic carbocycles. The van der Waals surface area contributed by atoms with Gasteiger partial charge in [0.15, 0.2) is 0 Å². The van der Waals surface area contributed by atoms with Gasteiger partial charge in [-0.15, -0.1) is 0 Å². The molecule has 82 valence electrons. The average Bonchev–Trinajstić information content (AvgIpc) is 2.57. The largest absolute Gasteiger partial charge is 0.396 e. The van der Waals surface area contributed by atoms with E-state index in [1.165, 1.54) is 25.7 Å². The highest BCUT2D eigenvalue weighted by atomic mass is 16.3. The molecule has 3 heteroatoms. The van der Waals surface area contributed by atoms with Crippen LogP contribution >= 0.6 is 0 Å². The van der Waals surface area contributed by atoms with E-state index < -0.39 is 0 Å². The third-order valence-corrected chi connectivity index (χ3v) is 4.12. The van der Waals surface area contributed by atoms with Crippen LogP contribution in [0.3, 0.4) is 0 Å². The van der Waals surface area contributed by atoms with Crippen LogP contribution in [0, 0.1) is 11.3 Å². The molecule has 0 radical (unpaired) electrons. The maximum atomic E-state index is 9.58. The SMILES string of the molecule is NCCN1C[C@@H]2CCCC[C@@]2(CO)C1. The van der Waals surface area contributed by atoms with E-state index in [-0.39, 0.29) is 5.41 Å². The van der Waals surface area contributed by atoms with E-state index in [1.54, 1.807) is 0 Å². The van der Waals surface area contributed by atoms with Crippen molar-refractivity contribution in [2.24, 2.45) is 17.1 Å². The zero-order valence-corrected chi connectivity index (χ0v) is 8.91. The number of likely N-dealkylation sites (tertiary alicyclic amines) is 1. The van der Waals surface area contributed by atoms with Gasteiger partial charge in [-0.05, 0) is 18.8 Å². The molecule has 3 nitrogen and oxygen atoms in total. The summed E-state index contributed by atoms with van der Waals surface area (Å²) in [5, 5.41) is 9.58. The second-order valence-electron chi connectivity index (χ2n) is 4.99. The molecule has 2 fully saturated rings. The van der Waals surface area contributed by atoms with Crippen LogP contribution in [0.4, 0.5) is 0 Å². The van der Waals surface area contributed by atoms with Gasteiger partial charge in [-0.25, -0.2) is 0 Å². The second-order valence-corrected chi connectivity index (χ2v) is 4.99. The first-order valence-electron chi connectivity index (χ1n) is 5.84. The second kappa shape index (κ2) is 4.17. The molecule has 1 aliphatic heterocycles. The van der Waals surface area contributed by atoms with E-state index in [9.17, 15) is 5.11 Å². The van der Waals surface area contributed by atoms with Crippen LogP contribution in [0.1, 0.15) is 25.7 Å². The molecule has 3 N–H and O–H groups in total. The maximum Gasteiger partial charge on any atom is 0.0502 e. The number of hydrogen-bond acceptors (Lipinski definition) is 3. The highest BCUT2D eigenvalue weighted by Crippen LogP contribution is 2.46. The van der Waals surface area contributed by atoms with Crippen molar-refractivity contribution in [1.29, 1.82) is 0 Å². The molecule has 2 atom stereocenters. The molecule has 2 aliphatic rings. The van der Waals surface area contributed by atoms with Gasteiger partial charge in [-0.3, -0.25) is 0 Å². The van der Waals surface area contributed by atoms with Crippen molar-refractivity contribution >= 4 is 0 Å². The number of fused-ring (bicyclic) bond motifs is 1. The van der Waals surface area contributed by atoms with Gasteiger partial charge in [0.1, 0.15) is 0 Å². The number of nitrogens with two attached hydrogens (primary N) is 1. The zero-order chi connectivity index (χ0) is 10.0. The summed E-state index contributed by atoms with van der Waals surface area (Å²) in [7, 11) is 0. The number of hydrogen-bond donors (Lipinski definition) is 2. The number of aliphatic hydroxyl groups excluding tert-OH is 1. The van der Waals surface area contributed by atoms with Crippen LogP contribution in [0.5, 0.6) is 0 Å². The Kier molecular flexibility index (Phi) is 3.10. The predicted octanol–water partition coefficient (Wildman–Crippen LogP) is 0.430. The van der Waals surface area contributed by atoms with Crippen molar-refractivity contribution < 1.29 is 5.11 Å². The molecule has 1 heterocycles. The van der Waals surface area contributed by atoms with Gasteiger partial charge in [0, 0.05) is 31.6 Å². The minimum atomic E-state index is 0.230. The fourth-order valence-corrected chi connectivity index (χ4v) is 3.30. The van der Waals surface area contributed by atoms with E-state index in [4.69, 9.17) is 5.73 Å². The molecule has 14 heavy (non-hydrogen) atoms. The fourth-order valence-electron chi connectivity index (χ4n) is 3.30. The van der Waals surface area contributed by atoms with E-state index in [1.807, 2.05) is 0 Å². The van der Waals surface area contributed by atoms with Crippen molar-refractivity contribution in [3.63, 3.8) is 0 Å². The van der Waals surface area contributed by atoms with Gasteiger partial charge in [0.05, 0.1) is 6.61 Å². The molecule has 1 saturated carbocycles. The first kappa shape index (κ1) is 10.4. The summed E-state index contributed by atoms with van der Waals surface area (Å²) in [5.74, 6) is 0.729. The van der Waals surface area contributed by atoms with Crippen LogP contribution in [0.25, 0.3) is 0 Å². The standard InChI is InChI=1S/C11H22N2O/c12-5-6-13-7-10-3-1-2-4-11(10,8-13)9-14/h10,14H,1-9,12H2/t10-,11-/m0/s1. The average molecular weight is 198 g/mol. The molecule has 0 aromatic rings. The monoisotopic (exact) mass is 198 g/mol. The van der Waals surface area contributed by atoms with E-state index in [0.29, 0.717) is 6.61 Å². The van der Waals surface area contributed by atoms with Gasteiger partial charge in [0.2, 0.25) is 0 Å². The Bertz CT molecular complexity index is 198. The lowest BCUT2D eigenvalue weighted by molar-refractivity contribution is 0.0584. The van der Waals surface area contributed by atoms with Crippen molar-refractivity contribution in [1.82, 2.24) is 4.90 Å². The lowest BCUT2D eigenvalue weighted by Gasteiger charge is -2.36. The van der Waals surface area contributed by atoms with E-state index in [0.717, 1.165) is 32.1 Å². The number of rotatable bonds is 3. The summed E-state index contributed by atoms with van der Waals surface area (Å²) in [5.41, 5.74) is 5.81.